The maximum atomic E-state index is 14.5. The van der Waals surface area contributed by atoms with Crippen molar-refractivity contribution in [1.29, 1.82) is 0 Å². The first-order valence-corrected chi connectivity index (χ1v) is 8.77. The van der Waals surface area contributed by atoms with Crippen LogP contribution < -0.4 is 4.74 Å². The highest BCUT2D eigenvalue weighted by atomic mass is 35.5. The molecule has 0 amide bonds. The molecule has 2 aromatic rings. The second-order valence-corrected chi connectivity index (χ2v) is 7.42. The van der Waals surface area contributed by atoms with Crippen molar-refractivity contribution >= 4 is 23.0 Å². The molecule has 128 valence electrons. The van der Waals surface area contributed by atoms with Crippen LogP contribution in [0.15, 0.2) is 35.9 Å². The molecule has 2 aliphatic rings. The van der Waals surface area contributed by atoms with Gasteiger partial charge in [0, 0.05) is 22.1 Å². The fraction of sp³-hybridized carbons (Fsp3) is 0.286. The molecule has 2 aromatic carbocycles. The van der Waals surface area contributed by atoms with E-state index in [0.29, 0.717) is 35.3 Å². The van der Waals surface area contributed by atoms with E-state index < -0.39 is 5.82 Å². The number of halogens is 2. The topological polar surface area (TPSA) is 26.3 Å². The van der Waals surface area contributed by atoms with Crippen LogP contribution in [0.2, 0.25) is 5.02 Å². The summed E-state index contributed by atoms with van der Waals surface area (Å²) in [6.07, 6.45) is 0.411. The van der Waals surface area contributed by atoms with Gasteiger partial charge in [0.15, 0.2) is 5.78 Å². The van der Waals surface area contributed by atoms with E-state index in [1.807, 2.05) is 25.1 Å². The maximum absolute atomic E-state index is 14.5. The summed E-state index contributed by atoms with van der Waals surface area (Å²) in [6, 6.07) is 8.86. The highest BCUT2D eigenvalue weighted by Crippen LogP contribution is 2.51. The molecule has 0 saturated heterocycles. The van der Waals surface area contributed by atoms with Gasteiger partial charge in [0.2, 0.25) is 0 Å². The minimum absolute atomic E-state index is 0.0483. The summed E-state index contributed by atoms with van der Waals surface area (Å²) in [5, 5.41) is 0.0972. The van der Waals surface area contributed by atoms with Crippen molar-refractivity contribution in [1.82, 2.24) is 0 Å². The van der Waals surface area contributed by atoms with Crippen molar-refractivity contribution in [3.63, 3.8) is 0 Å². The van der Waals surface area contributed by atoms with Crippen LogP contribution in [-0.4, -0.2) is 12.4 Å². The lowest BCUT2D eigenvalue weighted by Crippen LogP contribution is -2.29. The summed E-state index contributed by atoms with van der Waals surface area (Å²) >= 11 is 5.95. The van der Waals surface area contributed by atoms with E-state index in [1.165, 1.54) is 6.07 Å². The molecule has 25 heavy (non-hydrogen) atoms. The van der Waals surface area contributed by atoms with Crippen LogP contribution >= 0.6 is 11.6 Å². The second-order valence-electron chi connectivity index (χ2n) is 7.01. The molecule has 0 fully saturated rings. The molecule has 0 radical (unpaired) electrons. The monoisotopic (exact) mass is 356 g/mol. The molecule has 0 saturated carbocycles. The van der Waals surface area contributed by atoms with Gasteiger partial charge in [-0.05, 0) is 54.3 Å². The number of ether oxygens (including phenoxy) is 1. The van der Waals surface area contributed by atoms with Gasteiger partial charge in [0.25, 0.3) is 0 Å². The lowest BCUT2D eigenvalue weighted by atomic mass is 9.68. The minimum atomic E-state index is -0.420. The highest BCUT2D eigenvalue weighted by molar-refractivity contribution is 6.34. The maximum Gasteiger partial charge on any atom is 0.193 e. The Morgan fingerprint density at radius 1 is 1.20 bits per heavy atom. The summed E-state index contributed by atoms with van der Waals surface area (Å²) in [5.74, 6) is 0.278. The number of ketones is 1. The van der Waals surface area contributed by atoms with Crippen LogP contribution in [0.4, 0.5) is 4.39 Å². The van der Waals surface area contributed by atoms with E-state index in [2.05, 4.69) is 13.8 Å². The predicted molar refractivity (Wildman–Crippen MR) is 97.0 cm³/mol. The normalized spacial score (nSPS) is 17.2. The fourth-order valence-electron chi connectivity index (χ4n) is 4.01. The van der Waals surface area contributed by atoms with Gasteiger partial charge < -0.3 is 4.74 Å². The van der Waals surface area contributed by atoms with E-state index in [-0.39, 0.29) is 16.2 Å². The second kappa shape index (κ2) is 5.43. The molecule has 0 N–H and O–H groups in total. The van der Waals surface area contributed by atoms with E-state index in [1.54, 1.807) is 6.07 Å². The number of rotatable bonds is 2. The van der Waals surface area contributed by atoms with Crippen LogP contribution in [0.25, 0.3) is 5.57 Å². The van der Waals surface area contributed by atoms with Gasteiger partial charge in [-0.2, -0.15) is 0 Å². The number of carbonyl (C=O) groups excluding carboxylic acids is 1. The Kier molecular flexibility index (Phi) is 3.55. The van der Waals surface area contributed by atoms with Crippen LogP contribution in [-0.2, 0) is 11.8 Å². The number of allylic oxidation sites excluding steroid dienone is 2. The quantitative estimate of drug-likeness (QED) is 0.723. The molecular formula is C21H18ClFO2. The zero-order valence-corrected chi connectivity index (χ0v) is 15.1. The van der Waals surface area contributed by atoms with Gasteiger partial charge in [0.05, 0.1) is 11.6 Å². The number of carbonyl (C=O) groups is 1. The average Bonchev–Trinajstić information content (AvgIpc) is 2.98. The summed E-state index contributed by atoms with van der Waals surface area (Å²) in [5.41, 5.74) is 3.99. The Labute approximate surface area is 151 Å². The van der Waals surface area contributed by atoms with Gasteiger partial charge in [-0.15, -0.1) is 0 Å². The lowest BCUT2D eigenvalue weighted by molar-refractivity contribution is 0.105. The third kappa shape index (κ3) is 2.18. The molecule has 4 rings (SSSR count). The number of hydrogen-bond acceptors (Lipinski definition) is 2. The van der Waals surface area contributed by atoms with Crippen molar-refractivity contribution in [3.8, 4) is 5.75 Å². The third-order valence-electron chi connectivity index (χ3n) is 5.32. The van der Waals surface area contributed by atoms with Crippen molar-refractivity contribution in [2.24, 2.45) is 0 Å². The minimum Gasteiger partial charge on any atom is -0.494 e. The summed E-state index contributed by atoms with van der Waals surface area (Å²) < 4.78 is 20.1. The molecule has 2 aliphatic carbocycles. The number of Topliss-reactive ketones (excluding diaryl/α,β-unsaturated/α-hetero) is 1. The van der Waals surface area contributed by atoms with Crippen molar-refractivity contribution < 1.29 is 13.9 Å². The van der Waals surface area contributed by atoms with E-state index in [9.17, 15) is 9.18 Å². The van der Waals surface area contributed by atoms with E-state index in [0.717, 1.165) is 16.9 Å². The van der Waals surface area contributed by atoms with E-state index in [4.69, 9.17) is 16.3 Å². The van der Waals surface area contributed by atoms with Crippen molar-refractivity contribution in [3.05, 3.63) is 69.0 Å². The van der Waals surface area contributed by atoms with Crippen LogP contribution in [0, 0.1) is 5.82 Å². The van der Waals surface area contributed by atoms with Gasteiger partial charge in [-0.3, -0.25) is 4.79 Å². The standard InChI is InChI=1S/C21H18ClFO2/c1-4-25-11-5-6-13-15(9-11)21(2,3)16-10-14-12(18(16)20(13)24)7-8-17(22)19(14)23/h5-9H,4,10H2,1-3H3. The highest BCUT2D eigenvalue weighted by Gasteiger charge is 2.43. The summed E-state index contributed by atoms with van der Waals surface area (Å²) in [4.78, 5) is 13.2. The van der Waals surface area contributed by atoms with Crippen molar-refractivity contribution in [2.75, 3.05) is 6.61 Å². The Morgan fingerprint density at radius 2 is 1.92 bits per heavy atom. The molecule has 0 aliphatic heterocycles. The van der Waals surface area contributed by atoms with Gasteiger partial charge in [0.1, 0.15) is 11.6 Å². The molecule has 0 spiro atoms. The average molecular weight is 357 g/mol. The Hall–Kier alpha value is -2.13. The molecule has 0 heterocycles. The zero-order valence-electron chi connectivity index (χ0n) is 14.4. The van der Waals surface area contributed by atoms with Crippen LogP contribution in [0.5, 0.6) is 5.75 Å². The number of fused-ring (bicyclic) bond motifs is 3. The lowest BCUT2D eigenvalue weighted by Gasteiger charge is -2.34. The number of hydrogen-bond donors (Lipinski definition) is 0. The summed E-state index contributed by atoms with van der Waals surface area (Å²) in [6.45, 7) is 6.65. The number of benzene rings is 2. The molecule has 0 unspecified atom stereocenters. The molecule has 0 atom stereocenters. The molecular weight excluding hydrogens is 339 g/mol. The smallest absolute Gasteiger partial charge is 0.193 e. The first-order chi connectivity index (χ1) is 11.9. The predicted octanol–water partition coefficient (Wildman–Crippen LogP) is 5.36. The Balaban J connectivity index is 1.93. The third-order valence-corrected chi connectivity index (χ3v) is 5.61. The van der Waals surface area contributed by atoms with E-state index >= 15 is 0 Å². The SMILES string of the molecule is CCOc1ccc2c(c1)C(C)(C)C1=C(C2=O)c2ccc(Cl)c(F)c2C1. The largest absolute Gasteiger partial charge is 0.494 e. The molecule has 4 heteroatoms. The first-order valence-electron chi connectivity index (χ1n) is 8.39. The molecule has 0 aromatic heterocycles. The zero-order chi connectivity index (χ0) is 17.9. The summed E-state index contributed by atoms with van der Waals surface area (Å²) in [7, 11) is 0. The van der Waals surface area contributed by atoms with Gasteiger partial charge in [-0.1, -0.05) is 31.5 Å². The Morgan fingerprint density at radius 3 is 2.64 bits per heavy atom. The van der Waals surface area contributed by atoms with Crippen LogP contribution in [0.1, 0.15) is 47.8 Å². The molecule has 0 bridgehead atoms. The first kappa shape index (κ1) is 16.3. The van der Waals surface area contributed by atoms with Gasteiger partial charge >= 0.3 is 0 Å². The van der Waals surface area contributed by atoms with Crippen molar-refractivity contribution in [2.45, 2.75) is 32.6 Å². The fourth-order valence-corrected chi connectivity index (χ4v) is 4.19. The van der Waals surface area contributed by atoms with Crippen LogP contribution in [0.3, 0.4) is 0 Å². The molecule has 2 nitrogen and oxygen atoms in total. The Bertz CT molecular complexity index is 957. The van der Waals surface area contributed by atoms with Gasteiger partial charge in [-0.25, -0.2) is 4.39 Å².